The molecule has 9 nitrogen and oxygen atoms in total. The van der Waals surface area contributed by atoms with Gasteiger partial charge < -0.3 is 25.2 Å². The molecule has 300 valence electrons. The van der Waals surface area contributed by atoms with Crippen LogP contribution in [0.5, 0.6) is 11.5 Å². The Bertz CT molecular complexity index is 1670. The number of aryl methyl sites for hydroxylation is 1. The summed E-state index contributed by atoms with van der Waals surface area (Å²) in [4.78, 5) is 51.7. The van der Waals surface area contributed by atoms with E-state index in [0.717, 1.165) is 12.8 Å². The molecule has 10 heteroatoms. The molecule has 0 aliphatic rings. The lowest BCUT2D eigenvalue weighted by molar-refractivity contribution is -0.144. The van der Waals surface area contributed by atoms with Gasteiger partial charge in [-0.15, -0.1) is 0 Å². The number of carboxylic acid groups (broad SMARTS) is 1. The summed E-state index contributed by atoms with van der Waals surface area (Å²) in [5, 5.41) is 12.2. The lowest BCUT2D eigenvalue weighted by Gasteiger charge is -2.31. The average molecular weight is 777 g/mol. The van der Waals surface area contributed by atoms with Crippen LogP contribution in [-0.4, -0.2) is 39.8 Å². The molecule has 0 aromatic heterocycles. The van der Waals surface area contributed by atoms with Gasteiger partial charge in [-0.05, 0) is 79.4 Å². The molecular weight excluding hydrogens is 716 g/mol. The molecule has 0 fully saturated rings. The Labute approximate surface area is 332 Å². The molecule has 0 saturated heterocycles. The molecule has 0 aliphatic heterocycles. The summed E-state index contributed by atoms with van der Waals surface area (Å²) in [5.74, 6) is -2.48. The molecule has 0 heterocycles. The molecule has 0 aliphatic carbocycles. The number of rotatable bonds is 25. The van der Waals surface area contributed by atoms with Crippen molar-refractivity contribution in [1.29, 1.82) is 0 Å². The van der Waals surface area contributed by atoms with E-state index in [9.17, 15) is 24.3 Å². The SMILES string of the molecule is CCCCCCCCCCCCCCCc1cccc(OC(CC)C(=O)Nc2cccc(NC(=O)C(Cl)(Oc3ccc(C(=O)O)cc3)C(=O)C(C)(C)C)c2)c1. The lowest BCUT2D eigenvalue weighted by Crippen LogP contribution is -2.54. The number of carbonyl (C=O) groups is 4. The number of benzene rings is 3. The topological polar surface area (TPSA) is 131 Å². The normalized spacial score (nSPS) is 13.0. The zero-order valence-corrected chi connectivity index (χ0v) is 34.1. The van der Waals surface area contributed by atoms with Crippen molar-refractivity contribution in [3.63, 3.8) is 0 Å². The fourth-order valence-electron chi connectivity index (χ4n) is 6.22. The van der Waals surface area contributed by atoms with Crippen LogP contribution in [0.4, 0.5) is 11.4 Å². The summed E-state index contributed by atoms with van der Waals surface area (Å²) in [6.07, 6.45) is 17.8. The van der Waals surface area contributed by atoms with E-state index in [0.29, 0.717) is 17.9 Å². The quantitative estimate of drug-likeness (QED) is 0.0443. The predicted octanol–water partition coefficient (Wildman–Crippen LogP) is 11.4. The van der Waals surface area contributed by atoms with E-state index in [2.05, 4.69) is 23.6 Å². The number of halogens is 1. The molecule has 3 aromatic rings. The largest absolute Gasteiger partial charge is 0.481 e. The smallest absolute Gasteiger partial charge is 0.335 e. The monoisotopic (exact) mass is 776 g/mol. The van der Waals surface area contributed by atoms with Gasteiger partial charge in [-0.25, -0.2) is 4.79 Å². The van der Waals surface area contributed by atoms with E-state index in [1.54, 1.807) is 45.0 Å². The van der Waals surface area contributed by atoms with Crippen LogP contribution in [0.1, 0.15) is 140 Å². The molecule has 3 N–H and O–H groups in total. The Balaban J connectivity index is 1.52. The van der Waals surface area contributed by atoms with Crippen molar-refractivity contribution < 1.29 is 33.8 Å². The van der Waals surface area contributed by atoms with Crippen molar-refractivity contribution >= 4 is 46.5 Å². The third-order valence-electron chi connectivity index (χ3n) is 9.42. The molecule has 0 radical (unpaired) electrons. The van der Waals surface area contributed by atoms with Gasteiger partial charge in [0.2, 0.25) is 5.78 Å². The second-order valence-corrected chi connectivity index (χ2v) is 15.8. The maximum Gasteiger partial charge on any atom is 0.335 e. The van der Waals surface area contributed by atoms with Crippen molar-refractivity contribution in [2.75, 3.05) is 10.6 Å². The van der Waals surface area contributed by atoms with Crippen LogP contribution in [0, 0.1) is 5.41 Å². The minimum Gasteiger partial charge on any atom is -0.481 e. The molecule has 3 rings (SSSR count). The highest BCUT2D eigenvalue weighted by Crippen LogP contribution is 2.33. The molecule has 2 unspecified atom stereocenters. The molecule has 2 amide bonds. The highest BCUT2D eigenvalue weighted by Gasteiger charge is 2.51. The molecule has 55 heavy (non-hydrogen) atoms. The summed E-state index contributed by atoms with van der Waals surface area (Å²) in [6, 6.07) is 19.6. The first-order chi connectivity index (χ1) is 26.3. The summed E-state index contributed by atoms with van der Waals surface area (Å²) >= 11 is 6.68. The average Bonchev–Trinajstić information content (AvgIpc) is 3.15. The third-order valence-corrected chi connectivity index (χ3v) is 9.84. The standard InChI is InChI=1S/C45H61ClN2O7/c1-6-8-9-10-11-12-13-14-15-16-17-18-19-22-33-23-20-26-38(31-33)54-39(7-2)40(49)47-35-24-21-25-36(32-35)48-43(53)45(46,42(52)44(3,4)5)55-37-29-27-34(28-30-37)41(50)51/h20-21,23-32,39H,6-19,22H2,1-5H3,(H,47,49)(H,48,53)(H,50,51). The van der Waals surface area contributed by atoms with Crippen LogP contribution in [0.25, 0.3) is 0 Å². The lowest BCUT2D eigenvalue weighted by atomic mass is 9.86. The second-order valence-electron chi connectivity index (χ2n) is 15.3. The number of amides is 2. The number of aromatic carboxylic acids is 1. The van der Waals surface area contributed by atoms with E-state index < -0.39 is 34.2 Å². The van der Waals surface area contributed by atoms with Crippen molar-refractivity contribution in [2.45, 2.75) is 142 Å². The number of unbranched alkanes of at least 4 members (excludes halogenated alkanes) is 12. The summed E-state index contributed by atoms with van der Waals surface area (Å²) in [7, 11) is 0. The van der Waals surface area contributed by atoms with Gasteiger partial charge in [0.1, 0.15) is 11.5 Å². The van der Waals surface area contributed by atoms with Gasteiger partial charge in [0, 0.05) is 16.8 Å². The number of carbonyl (C=O) groups excluding carboxylic acids is 3. The van der Waals surface area contributed by atoms with Crippen LogP contribution in [0.15, 0.2) is 72.8 Å². The molecule has 2 atom stereocenters. The first-order valence-electron chi connectivity index (χ1n) is 20.0. The van der Waals surface area contributed by atoms with E-state index in [1.165, 1.54) is 107 Å². The number of hydrogen-bond acceptors (Lipinski definition) is 6. The van der Waals surface area contributed by atoms with E-state index >= 15 is 0 Å². The van der Waals surface area contributed by atoms with Gasteiger partial charge in [-0.3, -0.25) is 14.4 Å². The van der Waals surface area contributed by atoms with Crippen molar-refractivity contribution in [2.24, 2.45) is 5.41 Å². The van der Waals surface area contributed by atoms with E-state index in [-0.39, 0.29) is 22.9 Å². The fourth-order valence-corrected chi connectivity index (χ4v) is 6.64. The van der Waals surface area contributed by atoms with Gasteiger partial charge in [0.15, 0.2) is 6.10 Å². The number of ketones is 1. The Kier molecular flexibility index (Phi) is 18.7. The fraction of sp³-hybridized carbons (Fsp3) is 0.511. The highest BCUT2D eigenvalue weighted by molar-refractivity contribution is 6.47. The van der Waals surface area contributed by atoms with E-state index in [1.807, 2.05) is 25.1 Å². The van der Waals surface area contributed by atoms with Gasteiger partial charge >= 0.3 is 11.0 Å². The molecule has 0 bridgehead atoms. The predicted molar refractivity (Wildman–Crippen MR) is 221 cm³/mol. The van der Waals surface area contributed by atoms with Crippen LogP contribution in [0.2, 0.25) is 0 Å². The summed E-state index contributed by atoms with van der Waals surface area (Å²) in [5.41, 5.74) is 0.766. The third kappa shape index (κ3) is 15.4. The first kappa shape index (κ1) is 45.0. The molecule has 0 spiro atoms. The van der Waals surface area contributed by atoms with Crippen LogP contribution in [-0.2, 0) is 20.8 Å². The number of carboxylic acids is 1. The maximum absolute atomic E-state index is 13.6. The summed E-state index contributed by atoms with van der Waals surface area (Å²) < 4.78 is 11.9. The molecular formula is C45H61ClN2O7. The molecule has 3 aromatic carbocycles. The van der Waals surface area contributed by atoms with Crippen molar-refractivity contribution in [3.05, 3.63) is 83.9 Å². The van der Waals surface area contributed by atoms with Crippen LogP contribution < -0.4 is 20.1 Å². The minimum atomic E-state index is -2.48. The van der Waals surface area contributed by atoms with Gasteiger partial charge in [0.25, 0.3) is 11.8 Å². The zero-order chi connectivity index (χ0) is 40.3. The first-order valence-corrected chi connectivity index (χ1v) is 20.4. The molecule has 0 saturated carbocycles. The van der Waals surface area contributed by atoms with Crippen LogP contribution in [0.3, 0.4) is 0 Å². The number of ether oxygens (including phenoxy) is 2. The van der Waals surface area contributed by atoms with Gasteiger partial charge in [-0.1, -0.05) is 141 Å². The van der Waals surface area contributed by atoms with Crippen LogP contribution >= 0.6 is 11.6 Å². The second kappa shape index (κ2) is 22.9. The van der Waals surface area contributed by atoms with Crippen molar-refractivity contribution in [3.8, 4) is 11.5 Å². The Morgan fingerprint density at radius 1 is 0.691 bits per heavy atom. The zero-order valence-electron chi connectivity index (χ0n) is 33.4. The highest BCUT2D eigenvalue weighted by atomic mass is 35.5. The summed E-state index contributed by atoms with van der Waals surface area (Å²) in [6.45, 7) is 8.96. The minimum absolute atomic E-state index is 0.00225. The Hall–Kier alpha value is -4.37. The van der Waals surface area contributed by atoms with Gasteiger partial charge in [-0.2, -0.15) is 0 Å². The van der Waals surface area contributed by atoms with E-state index in [4.69, 9.17) is 21.1 Å². The van der Waals surface area contributed by atoms with Crippen molar-refractivity contribution in [1.82, 2.24) is 0 Å². The Morgan fingerprint density at radius 3 is 1.78 bits per heavy atom. The van der Waals surface area contributed by atoms with Gasteiger partial charge in [0.05, 0.1) is 5.56 Å². The Morgan fingerprint density at radius 2 is 1.24 bits per heavy atom. The number of hydrogen-bond donors (Lipinski definition) is 3. The number of Topliss-reactive ketones (excluding diaryl/α,β-unsaturated/α-hetero) is 1. The number of anilines is 2. The maximum atomic E-state index is 13.6. The number of nitrogens with one attached hydrogen (secondary N) is 2. The number of alkyl halides is 1.